The Labute approximate surface area is 128 Å². The molecular formula is C13H17ClN6O. The fraction of sp³-hybridized carbons (Fsp3) is 0.385. The molecule has 1 amide bonds. The summed E-state index contributed by atoms with van der Waals surface area (Å²) in [4.78, 5) is 12.4. The lowest BCUT2D eigenvalue weighted by atomic mass is 10.1. The summed E-state index contributed by atoms with van der Waals surface area (Å²) in [7, 11) is 0. The second-order valence-electron chi connectivity index (χ2n) is 4.79. The van der Waals surface area contributed by atoms with Gasteiger partial charge in [-0.1, -0.05) is 12.1 Å². The number of hydrogen-bond acceptors (Lipinski definition) is 5. The number of para-hydroxylation sites is 1. The molecule has 0 spiro atoms. The largest absolute Gasteiger partial charge is 0.348 e. The minimum absolute atomic E-state index is 0. The average molecular weight is 309 g/mol. The maximum absolute atomic E-state index is 12.4. The summed E-state index contributed by atoms with van der Waals surface area (Å²) in [6.45, 7) is 1.84. The molecular weight excluding hydrogens is 292 g/mol. The number of benzene rings is 1. The highest BCUT2D eigenvalue weighted by Crippen LogP contribution is 2.13. The van der Waals surface area contributed by atoms with Gasteiger partial charge in [-0.2, -0.15) is 4.68 Å². The number of carbonyl (C=O) groups is 1. The van der Waals surface area contributed by atoms with Crippen molar-refractivity contribution in [1.29, 1.82) is 0 Å². The molecule has 1 saturated heterocycles. The van der Waals surface area contributed by atoms with Crippen LogP contribution in [0, 0.1) is 0 Å². The van der Waals surface area contributed by atoms with E-state index in [1.807, 2.05) is 18.2 Å². The van der Waals surface area contributed by atoms with E-state index in [-0.39, 0.29) is 24.4 Å². The van der Waals surface area contributed by atoms with Gasteiger partial charge >= 0.3 is 0 Å². The summed E-state index contributed by atoms with van der Waals surface area (Å²) in [5.41, 5.74) is 1.25. The Kier molecular flexibility index (Phi) is 5.24. The normalized spacial score (nSPS) is 17.8. The van der Waals surface area contributed by atoms with Gasteiger partial charge in [0.1, 0.15) is 6.33 Å². The minimum atomic E-state index is -0.0928. The first-order chi connectivity index (χ1) is 9.84. The molecule has 1 aromatic carbocycles. The fourth-order valence-electron chi connectivity index (χ4n) is 2.38. The zero-order valence-corrected chi connectivity index (χ0v) is 12.2. The van der Waals surface area contributed by atoms with E-state index >= 15 is 0 Å². The lowest BCUT2D eigenvalue weighted by molar-refractivity contribution is 0.0930. The molecule has 2 N–H and O–H groups in total. The number of nitrogens with one attached hydrogen (secondary N) is 2. The van der Waals surface area contributed by atoms with Gasteiger partial charge in [0, 0.05) is 12.6 Å². The SMILES string of the molecule is Cl.O=C(NC1CCCNC1)c1ccccc1-n1cnnn1. The van der Waals surface area contributed by atoms with Gasteiger partial charge in [-0.15, -0.1) is 17.5 Å². The summed E-state index contributed by atoms with van der Waals surface area (Å²) < 4.78 is 1.49. The van der Waals surface area contributed by atoms with Gasteiger partial charge in [0.05, 0.1) is 11.3 Å². The van der Waals surface area contributed by atoms with Crippen LogP contribution >= 0.6 is 12.4 Å². The molecule has 2 aromatic rings. The van der Waals surface area contributed by atoms with E-state index in [9.17, 15) is 4.79 Å². The number of aromatic nitrogens is 4. The molecule has 1 unspecified atom stereocenters. The van der Waals surface area contributed by atoms with E-state index in [1.54, 1.807) is 6.07 Å². The molecule has 1 atom stereocenters. The molecule has 2 heterocycles. The van der Waals surface area contributed by atoms with Crippen LogP contribution in [0.3, 0.4) is 0 Å². The Morgan fingerprint density at radius 1 is 1.38 bits per heavy atom. The first-order valence-corrected chi connectivity index (χ1v) is 6.68. The first kappa shape index (κ1) is 15.4. The summed E-state index contributed by atoms with van der Waals surface area (Å²) in [5, 5.41) is 17.4. The number of hydrogen-bond donors (Lipinski definition) is 2. The van der Waals surface area contributed by atoms with E-state index in [4.69, 9.17) is 0 Å². The summed E-state index contributed by atoms with van der Waals surface area (Å²) in [6.07, 6.45) is 3.57. The van der Waals surface area contributed by atoms with Crippen LogP contribution in [0.4, 0.5) is 0 Å². The van der Waals surface area contributed by atoms with Crippen molar-refractivity contribution < 1.29 is 4.79 Å². The predicted octanol–water partition coefficient (Wildman–Crippen LogP) is 0.566. The predicted molar refractivity (Wildman–Crippen MR) is 79.8 cm³/mol. The second-order valence-corrected chi connectivity index (χ2v) is 4.79. The van der Waals surface area contributed by atoms with Crippen molar-refractivity contribution in [3.05, 3.63) is 36.2 Å². The number of piperidine rings is 1. The quantitative estimate of drug-likeness (QED) is 0.866. The number of tetrazole rings is 1. The smallest absolute Gasteiger partial charge is 0.253 e. The molecule has 0 radical (unpaired) electrons. The first-order valence-electron chi connectivity index (χ1n) is 6.68. The van der Waals surface area contributed by atoms with Crippen LogP contribution in [-0.2, 0) is 0 Å². The van der Waals surface area contributed by atoms with Crippen LogP contribution in [0.5, 0.6) is 0 Å². The summed E-state index contributed by atoms with van der Waals surface area (Å²) in [5.74, 6) is -0.0928. The van der Waals surface area contributed by atoms with Crippen molar-refractivity contribution in [2.24, 2.45) is 0 Å². The highest BCUT2D eigenvalue weighted by Gasteiger charge is 2.18. The molecule has 21 heavy (non-hydrogen) atoms. The molecule has 8 heteroatoms. The van der Waals surface area contributed by atoms with Crippen LogP contribution in [-0.4, -0.2) is 45.2 Å². The molecule has 0 aliphatic carbocycles. The van der Waals surface area contributed by atoms with Gasteiger partial charge in [-0.05, 0) is 41.9 Å². The Bertz CT molecular complexity index is 582. The van der Waals surface area contributed by atoms with E-state index in [2.05, 4.69) is 26.2 Å². The number of rotatable bonds is 3. The van der Waals surface area contributed by atoms with Crippen LogP contribution in [0.1, 0.15) is 23.2 Å². The Morgan fingerprint density at radius 2 is 2.24 bits per heavy atom. The van der Waals surface area contributed by atoms with Crippen LogP contribution in [0.25, 0.3) is 5.69 Å². The zero-order valence-electron chi connectivity index (χ0n) is 11.4. The van der Waals surface area contributed by atoms with Crippen molar-refractivity contribution in [2.75, 3.05) is 13.1 Å². The van der Waals surface area contributed by atoms with Crippen LogP contribution in [0.2, 0.25) is 0 Å². The zero-order chi connectivity index (χ0) is 13.8. The van der Waals surface area contributed by atoms with E-state index in [0.717, 1.165) is 25.9 Å². The standard InChI is InChI=1S/C13H16N6O.ClH/c20-13(16-10-4-3-7-14-8-10)11-5-1-2-6-12(11)19-9-15-17-18-19;/h1-2,5-6,9-10,14H,3-4,7-8H2,(H,16,20);1H. The summed E-state index contributed by atoms with van der Waals surface area (Å²) >= 11 is 0. The Balaban J connectivity index is 0.00000161. The maximum atomic E-state index is 12.4. The molecule has 7 nitrogen and oxygen atoms in total. The minimum Gasteiger partial charge on any atom is -0.348 e. The molecule has 1 aromatic heterocycles. The Hall–Kier alpha value is -1.99. The number of carbonyl (C=O) groups excluding carboxylic acids is 1. The topological polar surface area (TPSA) is 84.7 Å². The van der Waals surface area contributed by atoms with Crippen molar-refractivity contribution in [3.8, 4) is 5.69 Å². The van der Waals surface area contributed by atoms with E-state index in [0.29, 0.717) is 11.3 Å². The molecule has 1 aliphatic rings. The van der Waals surface area contributed by atoms with Gasteiger partial charge < -0.3 is 10.6 Å². The third kappa shape index (κ3) is 3.56. The molecule has 1 fully saturated rings. The number of halogens is 1. The van der Waals surface area contributed by atoms with Gasteiger partial charge in [-0.3, -0.25) is 4.79 Å². The average Bonchev–Trinajstić information content (AvgIpc) is 3.02. The molecule has 0 saturated carbocycles. The maximum Gasteiger partial charge on any atom is 0.253 e. The second kappa shape index (κ2) is 7.14. The van der Waals surface area contributed by atoms with E-state index in [1.165, 1.54) is 11.0 Å². The van der Waals surface area contributed by atoms with Gasteiger partial charge in [0.25, 0.3) is 5.91 Å². The molecule has 3 rings (SSSR count). The molecule has 112 valence electrons. The summed E-state index contributed by atoms with van der Waals surface area (Å²) in [6, 6.07) is 7.48. The highest BCUT2D eigenvalue weighted by atomic mass is 35.5. The van der Waals surface area contributed by atoms with Crippen molar-refractivity contribution in [2.45, 2.75) is 18.9 Å². The lowest BCUT2D eigenvalue weighted by Gasteiger charge is -2.24. The fourth-order valence-corrected chi connectivity index (χ4v) is 2.38. The molecule has 0 bridgehead atoms. The number of amides is 1. The molecule has 1 aliphatic heterocycles. The van der Waals surface area contributed by atoms with Crippen molar-refractivity contribution in [1.82, 2.24) is 30.8 Å². The van der Waals surface area contributed by atoms with Crippen molar-refractivity contribution >= 4 is 18.3 Å². The van der Waals surface area contributed by atoms with Gasteiger partial charge in [0.15, 0.2) is 0 Å². The Morgan fingerprint density at radius 3 is 2.95 bits per heavy atom. The lowest BCUT2D eigenvalue weighted by Crippen LogP contribution is -2.45. The van der Waals surface area contributed by atoms with Crippen LogP contribution < -0.4 is 10.6 Å². The highest BCUT2D eigenvalue weighted by molar-refractivity contribution is 5.97. The third-order valence-electron chi connectivity index (χ3n) is 3.38. The monoisotopic (exact) mass is 308 g/mol. The number of nitrogens with zero attached hydrogens (tertiary/aromatic N) is 4. The van der Waals surface area contributed by atoms with Gasteiger partial charge in [0.2, 0.25) is 0 Å². The van der Waals surface area contributed by atoms with Crippen molar-refractivity contribution in [3.63, 3.8) is 0 Å². The van der Waals surface area contributed by atoms with Crippen LogP contribution in [0.15, 0.2) is 30.6 Å². The van der Waals surface area contributed by atoms with Gasteiger partial charge in [-0.25, -0.2) is 0 Å². The third-order valence-corrected chi connectivity index (χ3v) is 3.38. The van der Waals surface area contributed by atoms with E-state index < -0.39 is 0 Å².